The molecule has 2 aromatic rings. The summed E-state index contributed by atoms with van der Waals surface area (Å²) in [7, 11) is 0. The second kappa shape index (κ2) is 8.47. The average Bonchev–Trinajstić information content (AvgIpc) is 2.67. The van der Waals surface area contributed by atoms with E-state index in [0.717, 1.165) is 5.56 Å². The van der Waals surface area contributed by atoms with Gasteiger partial charge in [-0.25, -0.2) is 9.18 Å². The van der Waals surface area contributed by atoms with Gasteiger partial charge in [-0.15, -0.1) is 0 Å². The van der Waals surface area contributed by atoms with Gasteiger partial charge in [-0.1, -0.05) is 36.4 Å². The molecule has 0 saturated carbocycles. The molecule has 2 aromatic carbocycles. The lowest BCUT2D eigenvalue weighted by Gasteiger charge is -2.32. The first-order chi connectivity index (χ1) is 12.6. The summed E-state index contributed by atoms with van der Waals surface area (Å²) >= 11 is 0. The number of hydrogen-bond acceptors (Lipinski definition) is 3. The Kier molecular flexibility index (Phi) is 5.84. The van der Waals surface area contributed by atoms with Crippen molar-refractivity contribution in [2.24, 2.45) is 0 Å². The number of alkyl carbamates (subject to hydrolysis) is 1. The molecule has 0 spiro atoms. The van der Waals surface area contributed by atoms with Gasteiger partial charge in [-0.2, -0.15) is 0 Å². The highest BCUT2D eigenvalue weighted by atomic mass is 19.1. The second-order valence-corrected chi connectivity index (χ2v) is 6.28. The number of nitrogens with one attached hydrogen (secondary N) is 1. The summed E-state index contributed by atoms with van der Waals surface area (Å²) in [6.45, 7) is 1.25. The van der Waals surface area contributed by atoms with Crippen LogP contribution in [0.25, 0.3) is 0 Å². The number of ether oxygens (including phenoxy) is 1. The lowest BCUT2D eigenvalue weighted by Crippen LogP contribution is -2.46. The fraction of sp³-hybridized carbons (Fsp3) is 0.300. The first-order valence-corrected chi connectivity index (χ1v) is 8.64. The first-order valence-electron chi connectivity index (χ1n) is 8.64. The minimum atomic E-state index is -0.455. The van der Waals surface area contributed by atoms with Gasteiger partial charge in [0.25, 0.3) is 5.91 Å². The van der Waals surface area contributed by atoms with Crippen LogP contribution in [0.4, 0.5) is 9.18 Å². The summed E-state index contributed by atoms with van der Waals surface area (Å²) in [5, 5.41) is 2.84. The molecule has 1 aliphatic rings. The van der Waals surface area contributed by atoms with Gasteiger partial charge >= 0.3 is 6.09 Å². The van der Waals surface area contributed by atoms with E-state index in [1.807, 2.05) is 30.3 Å². The number of amides is 2. The van der Waals surface area contributed by atoms with Gasteiger partial charge in [0.2, 0.25) is 0 Å². The number of nitrogens with zero attached hydrogens (tertiary/aromatic N) is 1. The van der Waals surface area contributed by atoms with E-state index in [4.69, 9.17) is 4.74 Å². The molecule has 0 atom stereocenters. The molecule has 1 N–H and O–H groups in total. The molecule has 136 valence electrons. The highest BCUT2D eigenvalue weighted by Crippen LogP contribution is 2.15. The Morgan fingerprint density at radius 2 is 1.81 bits per heavy atom. The Morgan fingerprint density at radius 3 is 2.50 bits per heavy atom. The van der Waals surface area contributed by atoms with E-state index < -0.39 is 11.9 Å². The number of piperidine rings is 1. The molecular weight excluding hydrogens is 335 g/mol. The van der Waals surface area contributed by atoms with Crippen molar-refractivity contribution >= 4 is 12.0 Å². The van der Waals surface area contributed by atoms with Crippen LogP contribution in [0.2, 0.25) is 0 Å². The van der Waals surface area contributed by atoms with E-state index in [-0.39, 0.29) is 18.6 Å². The van der Waals surface area contributed by atoms with Crippen LogP contribution in [0.1, 0.15) is 28.8 Å². The third-order valence-electron chi connectivity index (χ3n) is 4.39. The second-order valence-electron chi connectivity index (χ2n) is 6.28. The van der Waals surface area contributed by atoms with Gasteiger partial charge < -0.3 is 15.0 Å². The van der Waals surface area contributed by atoms with E-state index in [0.29, 0.717) is 31.5 Å². The Hall–Kier alpha value is -2.89. The van der Waals surface area contributed by atoms with E-state index in [1.54, 1.807) is 11.0 Å². The monoisotopic (exact) mass is 356 g/mol. The molecule has 0 aromatic heterocycles. The van der Waals surface area contributed by atoms with Crippen LogP contribution in [-0.2, 0) is 11.3 Å². The third kappa shape index (κ3) is 4.81. The lowest BCUT2D eigenvalue weighted by atomic mass is 10.0. The summed E-state index contributed by atoms with van der Waals surface area (Å²) < 4.78 is 18.5. The summed E-state index contributed by atoms with van der Waals surface area (Å²) in [5.41, 5.74) is 1.27. The molecule has 1 aliphatic heterocycles. The summed E-state index contributed by atoms with van der Waals surface area (Å²) in [4.78, 5) is 26.0. The molecule has 0 radical (unpaired) electrons. The first kappa shape index (κ1) is 17.9. The minimum Gasteiger partial charge on any atom is -0.445 e. The molecule has 0 aliphatic carbocycles. The van der Waals surface area contributed by atoms with E-state index in [1.165, 1.54) is 18.2 Å². The Bertz CT molecular complexity index is 759. The highest BCUT2D eigenvalue weighted by Gasteiger charge is 2.25. The SMILES string of the molecule is O=C(NC1CCN(C(=O)c2cccc(F)c2)CC1)OCc1ccccc1. The van der Waals surface area contributed by atoms with Crippen LogP contribution in [-0.4, -0.2) is 36.0 Å². The summed E-state index contributed by atoms with van der Waals surface area (Å²) in [6.07, 6.45) is 0.826. The fourth-order valence-corrected chi connectivity index (χ4v) is 2.96. The maximum absolute atomic E-state index is 13.3. The van der Waals surface area contributed by atoms with Gasteiger partial charge in [-0.05, 0) is 36.6 Å². The van der Waals surface area contributed by atoms with Crippen molar-refractivity contribution in [3.05, 3.63) is 71.5 Å². The molecule has 2 amide bonds. The van der Waals surface area contributed by atoms with E-state index in [9.17, 15) is 14.0 Å². The van der Waals surface area contributed by atoms with Crippen LogP contribution in [0.3, 0.4) is 0 Å². The Morgan fingerprint density at radius 1 is 1.08 bits per heavy atom. The van der Waals surface area contributed by atoms with Crippen molar-refractivity contribution < 1.29 is 18.7 Å². The smallest absolute Gasteiger partial charge is 0.407 e. The number of carbonyl (C=O) groups excluding carboxylic acids is 2. The average molecular weight is 356 g/mol. The molecule has 1 fully saturated rings. The zero-order valence-corrected chi connectivity index (χ0v) is 14.4. The molecule has 0 unspecified atom stereocenters. The molecular formula is C20H21FN2O3. The number of likely N-dealkylation sites (tertiary alicyclic amines) is 1. The van der Waals surface area contributed by atoms with Gasteiger partial charge in [0.1, 0.15) is 12.4 Å². The van der Waals surface area contributed by atoms with E-state index >= 15 is 0 Å². The topological polar surface area (TPSA) is 58.6 Å². The molecule has 1 heterocycles. The number of halogens is 1. The maximum Gasteiger partial charge on any atom is 0.407 e. The molecule has 0 bridgehead atoms. The number of rotatable bonds is 4. The van der Waals surface area contributed by atoms with Crippen LogP contribution in [0.15, 0.2) is 54.6 Å². The molecule has 1 saturated heterocycles. The summed E-state index contributed by atoms with van der Waals surface area (Å²) in [5.74, 6) is -0.608. The highest BCUT2D eigenvalue weighted by molar-refractivity contribution is 5.94. The normalized spacial score (nSPS) is 14.7. The standard InChI is InChI=1S/C20H21FN2O3/c21-17-8-4-7-16(13-17)19(24)23-11-9-18(10-12-23)22-20(25)26-14-15-5-2-1-3-6-15/h1-8,13,18H,9-12,14H2,(H,22,25). The van der Waals surface area contributed by atoms with Crippen molar-refractivity contribution in [1.82, 2.24) is 10.2 Å². The minimum absolute atomic E-state index is 0.0326. The Labute approximate surface area is 151 Å². The Balaban J connectivity index is 1.43. The maximum atomic E-state index is 13.3. The van der Waals surface area contributed by atoms with E-state index in [2.05, 4.69) is 5.32 Å². The van der Waals surface area contributed by atoms with Crippen LogP contribution in [0.5, 0.6) is 0 Å². The predicted octanol–water partition coefficient (Wildman–Crippen LogP) is 3.36. The van der Waals surface area contributed by atoms with Crippen LogP contribution >= 0.6 is 0 Å². The molecule has 5 nitrogen and oxygen atoms in total. The summed E-state index contributed by atoms with van der Waals surface area (Å²) in [6, 6.07) is 15.1. The zero-order valence-electron chi connectivity index (χ0n) is 14.4. The van der Waals surface area contributed by atoms with Crippen molar-refractivity contribution in [3.8, 4) is 0 Å². The fourth-order valence-electron chi connectivity index (χ4n) is 2.96. The molecule has 3 rings (SSSR count). The molecule has 6 heteroatoms. The van der Waals surface area contributed by atoms with Crippen molar-refractivity contribution in [1.29, 1.82) is 0 Å². The van der Waals surface area contributed by atoms with Gasteiger partial charge in [0.05, 0.1) is 0 Å². The van der Waals surface area contributed by atoms with Crippen molar-refractivity contribution in [2.45, 2.75) is 25.5 Å². The third-order valence-corrected chi connectivity index (χ3v) is 4.39. The zero-order chi connectivity index (χ0) is 18.4. The number of carbonyl (C=O) groups is 2. The quantitative estimate of drug-likeness (QED) is 0.914. The number of benzene rings is 2. The number of hydrogen-bond donors (Lipinski definition) is 1. The van der Waals surface area contributed by atoms with Crippen LogP contribution in [0, 0.1) is 5.82 Å². The van der Waals surface area contributed by atoms with Crippen molar-refractivity contribution in [2.75, 3.05) is 13.1 Å². The lowest BCUT2D eigenvalue weighted by molar-refractivity contribution is 0.0700. The van der Waals surface area contributed by atoms with Gasteiger partial charge in [0.15, 0.2) is 0 Å². The van der Waals surface area contributed by atoms with Gasteiger partial charge in [0, 0.05) is 24.7 Å². The molecule has 26 heavy (non-hydrogen) atoms. The van der Waals surface area contributed by atoms with Gasteiger partial charge in [-0.3, -0.25) is 4.79 Å². The van der Waals surface area contributed by atoms with Crippen LogP contribution < -0.4 is 5.32 Å². The largest absolute Gasteiger partial charge is 0.445 e. The predicted molar refractivity (Wildman–Crippen MR) is 95.1 cm³/mol. The van der Waals surface area contributed by atoms with Crippen molar-refractivity contribution in [3.63, 3.8) is 0 Å².